The van der Waals surface area contributed by atoms with Gasteiger partial charge in [-0.1, -0.05) is 17.3 Å². The number of carbonyl (C=O) groups is 2. The SMILES string of the molecule is Cc1noc(-c2ccccc2C(=O)N2CCCC(CCC(=O)O)C2)n1. The number of aryl methyl sites for hydroxylation is 1. The van der Waals surface area contributed by atoms with E-state index in [4.69, 9.17) is 9.63 Å². The zero-order chi connectivity index (χ0) is 17.8. The predicted octanol–water partition coefficient (Wildman–Crippen LogP) is 2.76. The Morgan fingerprint density at radius 1 is 1.36 bits per heavy atom. The summed E-state index contributed by atoms with van der Waals surface area (Å²) in [5, 5.41) is 12.7. The Morgan fingerprint density at radius 2 is 2.16 bits per heavy atom. The maximum Gasteiger partial charge on any atom is 0.303 e. The van der Waals surface area contributed by atoms with Crippen molar-refractivity contribution >= 4 is 11.9 Å². The lowest BCUT2D eigenvalue weighted by Gasteiger charge is -2.33. The van der Waals surface area contributed by atoms with Gasteiger partial charge in [0.15, 0.2) is 5.82 Å². The van der Waals surface area contributed by atoms with Crippen LogP contribution in [0.15, 0.2) is 28.8 Å². The molecule has 1 amide bonds. The average Bonchev–Trinajstić information content (AvgIpc) is 3.06. The molecule has 1 aromatic heterocycles. The third kappa shape index (κ3) is 4.04. The van der Waals surface area contributed by atoms with E-state index in [0.29, 0.717) is 42.4 Å². The highest BCUT2D eigenvalue weighted by Crippen LogP contribution is 2.27. The fourth-order valence-electron chi connectivity index (χ4n) is 3.25. The summed E-state index contributed by atoms with van der Waals surface area (Å²) >= 11 is 0. The van der Waals surface area contributed by atoms with Gasteiger partial charge in [-0.15, -0.1) is 0 Å². The molecule has 1 aliphatic rings. The summed E-state index contributed by atoms with van der Waals surface area (Å²) in [7, 11) is 0. The van der Waals surface area contributed by atoms with Crippen LogP contribution in [0.2, 0.25) is 0 Å². The molecule has 0 saturated carbocycles. The number of likely N-dealkylation sites (tertiary alicyclic amines) is 1. The van der Waals surface area contributed by atoms with E-state index in [1.54, 1.807) is 24.0 Å². The molecule has 25 heavy (non-hydrogen) atoms. The van der Waals surface area contributed by atoms with E-state index in [9.17, 15) is 9.59 Å². The van der Waals surface area contributed by atoms with Gasteiger partial charge in [0, 0.05) is 19.5 Å². The molecule has 7 heteroatoms. The number of amides is 1. The minimum atomic E-state index is -0.791. The van der Waals surface area contributed by atoms with Crippen LogP contribution in [0.4, 0.5) is 0 Å². The molecule has 0 bridgehead atoms. The molecule has 7 nitrogen and oxygen atoms in total. The van der Waals surface area contributed by atoms with Crippen molar-refractivity contribution in [1.29, 1.82) is 0 Å². The van der Waals surface area contributed by atoms with Crippen molar-refractivity contribution in [2.75, 3.05) is 13.1 Å². The van der Waals surface area contributed by atoms with E-state index in [2.05, 4.69) is 10.1 Å². The summed E-state index contributed by atoms with van der Waals surface area (Å²) in [6.07, 6.45) is 2.59. The number of hydrogen-bond donors (Lipinski definition) is 1. The number of carboxylic acids is 1. The average molecular weight is 343 g/mol. The van der Waals surface area contributed by atoms with Gasteiger partial charge >= 0.3 is 5.97 Å². The van der Waals surface area contributed by atoms with Gasteiger partial charge in [-0.25, -0.2) is 0 Å². The fraction of sp³-hybridized carbons (Fsp3) is 0.444. The van der Waals surface area contributed by atoms with E-state index < -0.39 is 5.97 Å². The monoisotopic (exact) mass is 343 g/mol. The summed E-state index contributed by atoms with van der Waals surface area (Å²) in [6, 6.07) is 7.20. The van der Waals surface area contributed by atoms with Gasteiger partial charge in [0.05, 0.1) is 11.1 Å². The summed E-state index contributed by atoms with van der Waals surface area (Å²) < 4.78 is 5.22. The molecule has 1 aromatic carbocycles. The van der Waals surface area contributed by atoms with Crippen LogP contribution in [0.25, 0.3) is 11.5 Å². The third-order valence-electron chi connectivity index (χ3n) is 4.49. The van der Waals surface area contributed by atoms with Crippen LogP contribution in [0.3, 0.4) is 0 Å². The standard InChI is InChI=1S/C18H21N3O4/c1-12-19-17(25-20-12)14-6-2-3-7-15(14)18(24)21-10-4-5-13(11-21)8-9-16(22)23/h2-3,6-7,13H,4-5,8-11H2,1H3,(H,22,23). The number of hydrogen-bond acceptors (Lipinski definition) is 5. The molecule has 1 N–H and O–H groups in total. The van der Waals surface area contributed by atoms with Crippen molar-refractivity contribution in [1.82, 2.24) is 15.0 Å². The molecule has 1 atom stereocenters. The van der Waals surface area contributed by atoms with E-state index in [0.717, 1.165) is 12.8 Å². The van der Waals surface area contributed by atoms with Crippen molar-refractivity contribution in [2.24, 2.45) is 5.92 Å². The second-order valence-corrected chi connectivity index (χ2v) is 6.38. The van der Waals surface area contributed by atoms with Crippen LogP contribution in [0, 0.1) is 12.8 Å². The number of aromatic nitrogens is 2. The van der Waals surface area contributed by atoms with E-state index in [1.807, 2.05) is 12.1 Å². The van der Waals surface area contributed by atoms with Gasteiger partial charge in [-0.3, -0.25) is 9.59 Å². The first-order valence-electron chi connectivity index (χ1n) is 8.45. The van der Waals surface area contributed by atoms with Crippen LogP contribution in [-0.2, 0) is 4.79 Å². The van der Waals surface area contributed by atoms with E-state index in [1.165, 1.54) is 0 Å². The molecule has 3 rings (SSSR count). The summed E-state index contributed by atoms with van der Waals surface area (Å²) in [6.45, 7) is 3.00. The Morgan fingerprint density at radius 3 is 2.88 bits per heavy atom. The molecule has 1 unspecified atom stereocenters. The first kappa shape index (κ1) is 17.1. The van der Waals surface area contributed by atoms with Crippen molar-refractivity contribution in [3.05, 3.63) is 35.7 Å². The normalized spacial score (nSPS) is 17.5. The van der Waals surface area contributed by atoms with Crippen molar-refractivity contribution in [3.8, 4) is 11.5 Å². The second-order valence-electron chi connectivity index (χ2n) is 6.38. The van der Waals surface area contributed by atoms with Gasteiger partial charge in [0.25, 0.3) is 11.8 Å². The minimum Gasteiger partial charge on any atom is -0.481 e. The number of rotatable bonds is 5. The van der Waals surface area contributed by atoms with Crippen molar-refractivity contribution in [3.63, 3.8) is 0 Å². The first-order valence-corrected chi connectivity index (χ1v) is 8.45. The number of carboxylic acid groups (broad SMARTS) is 1. The van der Waals surface area contributed by atoms with Gasteiger partial charge in [-0.05, 0) is 44.2 Å². The molecule has 0 spiro atoms. The number of benzene rings is 1. The molecular weight excluding hydrogens is 322 g/mol. The van der Waals surface area contributed by atoms with E-state index in [-0.39, 0.29) is 18.2 Å². The predicted molar refractivity (Wildman–Crippen MR) is 90.0 cm³/mol. The number of carbonyl (C=O) groups excluding carboxylic acids is 1. The Labute approximate surface area is 145 Å². The lowest BCUT2D eigenvalue weighted by Crippen LogP contribution is -2.40. The zero-order valence-corrected chi connectivity index (χ0v) is 14.1. The Bertz CT molecular complexity index is 771. The molecule has 1 saturated heterocycles. The van der Waals surface area contributed by atoms with E-state index >= 15 is 0 Å². The number of nitrogens with zero attached hydrogens (tertiary/aromatic N) is 3. The molecular formula is C18H21N3O4. The third-order valence-corrected chi connectivity index (χ3v) is 4.49. The Kier molecular flexibility index (Phi) is 5.11. The number of piperidine rings is 1. The maximum absolute atomic E-state index is 13.0. The summed E-state index contributed by atoms with van der Waals surface area (Å²) in [5.74, 6) is 0.212. The fourth-order valence-corrected chi connectivity index (χ4v) is 3.25. The molecule has 0 radical (unpaired) electrons. The second kappa shape index (κ2) is 7.46. The zero-order valence-electron chi connectivity index (χ0n) is 14.1. The molecule has 1 fully saturated rings. The molecule has 132 valence electrons. The lowest BCUT2D eigenvalue weighted by atomic mass is 9.92. The van der Waals surface area contributed by atoms with Gasteiger partial charge < -0.3 is 14.5 Å². The first-order chi connectivity index (χ1) is 12.0. The molecule has 2 aromatic rings. The van der Waals surface area contributed by atoms with Crippen LogP contribution in [-0.4, -0.2) is 45.1 Å². The van der Waals surface area contributed by atoms with Crippen molar-refractivity contribution < 1.29 is 19.2 Å². The summed E-state index contributed by atoms with van der Waals surface area (Å²) in [4.78, 5) is 29.8. The van der Waals surface area contributed by atoms with Gasteiger partial charge in [-0.2, -0.15) is 4.98 Å². The van der Waals surface area contributed by atoms with Crippen LogP contribution in [0.1, 0.15) is 41.9 Å². The largest absolute Gasteiger partial charge is 0.481 e. The molecule has 1 aliphatic heterocycles. The van der Waals surface area contributed by atoms with Crippen molar-refractivity contribution in [2.45, 2.75) is 32.6 Å². The highest BCUT2D eigenvalue weighted by molar-refractivity contribution is 6.00. The van der Waals surface area contributed by atoms with Crippen LogP contribution >= 0.6 is 0 Å². The Balaban J connectivity index is 1.78. The minimum absolute atomic E-state index is 0.0773. The molecule has 2 heterocycles. The smallest absolute Gasteiger partial charge is 0.303 e. The molecule has 0 aliphatic carbocycles. The van der Waals surface area contributed by atoms with Gasteiger partial charge in [0.2, 0.25) is 0 Å². The number of aliphatic carboxylic acids is 1. The lowest BCUT2D eigenvalue weighted by molar-refractivity contribution is -0.137. The Hall–Kier alpha value is -2.70. The van der Waals surface area contributed by atoms with Crippen LogP contribution < -0.4 is 0 Å². The highest BCUT2D eigenvalue weighted by atomic mass is 16.5. The topological polar surface area (TPSA) is 96.5 Å². The highest BCUT2D eigenvalue weighted by Gasteiger charge is 2.27. The van der Waals surface area contributed by atoms with Gasteiger partial charge in [0.1, 0.15) is 0 Å². The summed E-state index contributed by atoms with van der Waals surface area (Å²) in [5.41, 5.74) is 1.16. The van der Waals surface area contributed by atoms with Crippen LogP contribution in [0.5, 0.6) is 0 Å². The quantitative estimate of drug-likeness (QED) is 0.896. The maximum atomic E-state index is 13.0.